The van der Waals surface area contributed by atoms with Gasteiger partial charge >= 0.3 is 24.5 Å². The third-order valence-corrected chi connectivity index (χ3v) is 0.826. The zero-order valence-corrected chi connectivity index (χ0v) is 4.74. The second-order valence-electron chi connectivity index (χ2n) is 1.52. The Kier molecular flexibility index (Phi) is 3.13. The summed E-state index contributed by atoms with van der Waals surface area (Å²) in [6.45, 7) is 0. The summed E-state index contributed by atoms with van der Waals surface area (Å²) in [5, 5.41) is 13.5. The van der Waals surface area contributed by atoms with Crippen molar-refractivity contribution in [3.8, 4) is 0 Å². The van der Waals surface area contributed by atoms with Gasteiger partial charge in [-0.1, -0.05) is 0 Å². The van der Waals surface area contributed by atoms with E-state index in [-0.39, 0.29) is 24.5 Å². The number of nitro groups is 1. The van der Waals surface area contributed by atoms with E-state index in [1.54, 1.807) is 7.05 Å². The fourth-order valence-corrected chi connectivity index (χ4v) is 0.453. The molecule has 0 saturated heterocycles. The summed E-state index contributed by atoms with van der Waals surface area (Å²) in [5.74, 6) is 0. The first-order valence-corrected chi connectivity index (χ1v) is 2.26. The van der Waals surface area contributed by atoms with Crippen molar-refractivity contribution in [1.82, 2.24) is 9.78 Å². The van der Waals surface area contributed by atoms with E-state index in [0.717, 1.165) is 6.20 Å². The molecule has 0 fully saturated rings. The summed E-state index contributed by atoms with van der Waals surface area (Å²) in [7, 11) is 1.58. The summed E-state index contributed by atoms with van der Waals surface area (Å²) < 4.78 is 1.26. The molecule has 10 heavy (non-hydrogen) atoms. The van der Waals surface area contributed by atoms with Gasteiger partial charge in [0.1, 0.15) is 6.20 Å². The van der Waals surface area contributed by atoms with E-state index in [1.165, 1.54) is 4.68 Å². The molecule has 0 N–H and O–H groups in total. The van der Waals surface area contributed by atoms with Crippen LogP contribution in [0.15, 0.2) is 6.20 Å². The SMILES string of the molecule is Cn1[c]c([N+](=O)[O-])cn1.[LiH]. The molecule has 0 bridgehead atoms. The van der Waals surface area contributed by atoms with Crippen LogP contribution in [-0.2, 0) is 7.05 Å². The molecule has 0 spiro atoms. The Bertz CT molecular complexity index is 234. The van der Waals surface area contributed by atoms with Crippen LogP contribution in [0.4, 0.5) is 5.69 Å². The maximum atomic E-state index is 9.94. The van der Waals surface area contributed by atoms with Crippen LogP contribution in [0.5, 0.6) is 0 Å². The molecule has 1 heterocycles. The molecule has 49 valence electrons. The molecule has 0 aliphatic carbocycles. The summed E-state index contributed by atoms with van der Waals surface area (Å²) in [5.41, 5.74) is -0.0995. The van der Waals surface area contributed by atoms with Crippen molar-refractivity contribution in [2.45, 2.75) is 0 Å². The molecule has 0 aliphatic rings. The Labute approximate surface area is 69.4 Å². The first-order valence-electron chi connectivity index (χ1n) is 2.26. The Balaban J connectivity index is 0.000000810. The van der Waals surface area contributed by atoms with Crippen LogP contribution in [0.25, 0.3) is 0 Å². The fourth-order valence-electron chi connectivity index (χ4n) is 0.453. The summed E-state index contributed by atoms with van der Waals surface area (Å²) >= 11 is 0. The van der Waals surface area contributed by atoms with Gasteiger partial charge in [-0.25, -0.2) is 0 Å². The number of hydrogen-bond donors (Lipinski definition) is 0. The fraction of sp³-hybridized carbons (Fsp3) is 0.250. The Morgan fingerprint density at radius 2 is 2.50 bits per heavy atom. The van der Waals surface area contributed by atoms with Gasteiger partial charge in [-0.2, -0.15) is 5.10 Å². The minimum atomic E-state index is -0.535. The van der Waals surface area contributed by atoms with E-state index in [9.17, 15) is 10.1 Å². The third-order valence-electron chi connectivity index (χ3n) is 0.826. The second-order valence-corrected chi connectivity index (χ2v) is 1.52. The number of aromatic nitrogens is 2. The standard InChI is InChI=1S/C4H4N3O2.Li.H/c1-6-3-4(2-5-6)7(8)9;;/h2H,1H3;;. The van der Waals surface area contributed by atoms with Gasteiger partial charge in [0, 0.05) is 7.05 Å². The second kappa shape index (κ2) is 3.39. The van der Waals surface area contributed by atoms with Crippen molar-refractivity contribution >= 4 is 24.5 Å². The van der Waals surface area contributed by atoms with Crippen LogP contribution >= 0.6 is 0 Å². The Hall–Kier alpha value is -0.793. The van der Waals surface area contributed by atoms with Crippen LogP contribution in [-0.4, -0.2) is 33.6 Å². The average molecular weight is 134 g/mol. The van der Waals surface area contributed by atoms with Gasteiger partial charge in [-0.3, -0.25) is 14.8 Å². The van der Waals surface area contributed by atoms with Crippen molar-refractivity contribution in [2.24, 2.45) is 7.05 Å². The molecule has 1 radical (unpaired) electrons. The van der Waals surface area contributed by atoms with Gasteiger partial charge < -0.3 is 0 Å². The van der Waals surface area contributed by atoms with E-state index in [4.69, 9.17) is 0 Å². The maximum absolute atomic E-state index is 9.94. The van der Waals surface area contributed by atoms with Gasteiger partial charge in [0.15, 0.2) is 6.20 Å². The molecule has 0 aliphatic heterocycles. The van der Waals surface area contributed by atoms with E-state index in [0.29, 0.717) is 0 Å². The normalized spacial score (nSPS) is 8.50. The van der Waals surface area contributed by atoms with Crippen molar-refractivity contribution in [1.29, 1.82) is 0 Å². The molecular formula is C4H5LiN3O2. The molecule has 0 unspecified atom stereocenters. The van der Waals surface area contributed by atoms with Crippen LogP contribution in [0, 0.1) is 16.3 Å². The van der Waals surface area contributed by atoms with Gasteiger partial charge in [-0.05, 0) is 0 Å². The Morgan fingerprint density at radius 3 is 2.70 bits per heavy atom. The van der Waals surface area contributed by atoms with E-state index < -0.39 is 4.92 Å². The molecular weight excluding hydrogens is 129 g/mol. The number of nitrogens with zero attached hydrogens (tertiary/aromatic N) is 3. The summed E-state index contributed by atoms with van der Waals surface area (Å²) in [6, 6.07) is 0. The van der Waals surface area contributed by atoms with Crippen LogP contribution in [0.2, 0.25) is 0 Å². The van der Waals surface area contributed by atoms with E-state index in [1.807, 2.05) is 0 Å². The van der Waals surface area contributed by atoms with Crippen LogP contribution < -0.4 is 0 Å². The molecule has 1 aromatic heterocycles. The monoisotopic (exact) mass is 134 g/mol. The van der Waals surface area contributed by atoms with Crippen molar-refractivity contribution in [2.75, 3.05) is 0 Å². The predicted octanol–water partition coefficient (Wildman–Crippen LogP) is -0.520. The topological polar surface area (TPSA) is 61.0 Å². The minimum absolute atomic E-state index is 0. The van der Waals surface area contributed by atoms with Crippen LogP contribution in [0.1, 0.15) is 0 Å². The number of hydrogen-bond acceptors (Lipinski definition) is 3. The third kappa shape index (κ3) is 1.86. The van der Waals surface area contributed by atoms with Crippen LogP contribution in [0.3, 0.4) is 0 Å². The summed E-state index contributed by atoms with van der Waals surface area (Å²) in [4.78, 5) is 9.40. The molecule has 0 amide bonds. The van der Waals surface area contributed by atoms with Gasteiger partial charge in [0.05, 0.1) is 4.92 Å². The molecule has 1 rings (SSSR count). The van der Waals surface area contributed by atoms with Gasteiger partial charge in [-0.15, -0.1) is 0 Å². The predicted molar refractivity (Wildman–Crippen MR) is 35.8 cm³/mol. The molecule has 0 saturated carbocycles. The zero-order chi connectivity index (χ0) is 6.85. The van der Waals surface area contributed by atoms with Gasteiger partial charge in [0.2, 0.25) is 0 Å². The van der Waals surface area contributed by atoms with Gasteiger partial charge in [0.25, 0.3) is 0 Å². The number of rotatable bonds is 1. The zero-order valence-electron chi connectivity index (χ0n) is 4.74. The van der Waals surface area contributed by atoms with E-state index in [2.05, 4.69) is 11.3 Å². The molecule has 5 nitrogen and oxygen atoms in total. The number of aryl methyl sites for hydroxylation is 1. The van der Waals surface area contributed by atoms with Crippen molar-refractivity contribution < 1.29 is 4.92 Å². The molecule has 1 aromatic rings. The quantitative estimate of drug-likeness (QED) is 0.295. The molecule has 0 aromatic carbocycles. The first kappa shape index (κ1) is 9.21. The van der Waals surface area contributed by atoms with E-state index >= 15 is 0 Å². The summed E-state index contributed by atoms with van der Waals surface area (Å²) in [6.07, 6.45) is 3.53. The molecule has 6 heteroatoms. The first-order chi connectivity index (χ1) is 4.20. The average Bonchev–Trinajstić information content (AvgIpc) is 2.14. The van der Waals surface area contributed by atoms with Crippen molar-refractivity contribution in [3.05, 3.63) is 22.5 Å². The molecule has 0 atom stereocenters. The Morgan fingerprint density at radius 1 is 1.90 bits per heavy atom. The van der Waals surface area contributed by atoms with Crippen molar-refractivity contribution in [3.63, 3.8) is 0 Å².